The Morgan fingerprint density at radius 3 is 0.861 bits per heavy atom. The van der Waals surface area contributed by atoms with E-state index in [0.29, 0.717) is 11.1 Å². The van der Waals surface area contributed by atoms with E-state index in [2.05, 4.69) is 0 Å². The number of phenolic OH excluding ortho intramolecular Hbond substituents is 8. The molecule has 0 saturated heterocycles. The highest BCUT2D eigenvalue weighted by Crippen LogP contribution is 2.36. The molecule has 184 valence electrons. The zero-order chi connectivity index (χ0) is 26.2. The van der Waals surface area contributed by atoms with E-state index in [9.17, 15) is 30.6 Å². The van der Waals surface area contributed by atoms with Gasteiger partial charge in [-0.1, -0.05) is 48.6 Å². The number of phenols is 8. The van der Waals surface area contributed by atoms with Gasteiger partial charge >= 0.3 is 0 Å². The van der Waals surface area contributed by atoms with E-state index in [-0.39, 0.29) is 34.5 Å². The molecule has 0 spiro atoms. The van der Waals surface area contributed by atoms with Crippen LogP contribution in [0.25, 0.3) is 24.3 Å². The van der Waals surface area contributed by atoms with Crippen molar-refractivity contribution in [3.05, 3.63) is 95.1 Å². The van der Waals surface area contributed by atoms with Crippen molar-refractivity contribution in [3.8, 4) is 46.0 Å². The zero-order valence-corrected chi connectivity index (χ0v) is 18.8. The quantitative estimate of drug-likeness (QED) is 0.141. The molecule has 4 aromatic carbocycles. The fourth-order valence-corrected chi connectivity index (χ4v) is 3.00. The first-order valence-electron chi connectivity index (χ1n) is 10.6. The number of benzene rings is 4. The molecule has 4 aromatic rings. The van der Waals surface area contributed by atoms with E-state index >= 15 is 0 Å². The maximum absolute atomic E-state index is 9.34. The first kappa shape index (κ1) is 25.4. The molecule has 8 heteroatoms. The number of aromatic hydroxyl groups is 8. The lowest BCUT2D eigenvalue weighted by Crippen LogP contribution is -1.76. The molecule has 0 amide bonds. The summed E-state index contributed by atoms with van der Waals surface area (Å²) >= 11 is 0. The van der Waals surface area contributed by atoms with Gasteiger partial charge in [0.2, 0.25) is 0 Å². The van der Waals surface area contributed by atoms with Crippen LogP contribution < -0.4 is 0 Å². The number of rotatable bonds is 4. The molecule has 0 unspecified atom stereocenters. The molecule has 0 bridgehead atoms. The fraction of sp³-hybridized carbons (Fsp3) is 0. The Balaban J connectivity index is 0.000000201. The van der Waals surface area contributed by atoms with E-state index in [1.165, 1.54) is 24.3 Å². The molecule has 8 N–H and O–H groups in total. The second kappa shape index (κ2) is 11.3. The standard InChI is InChI=1S/2C14H12O4/c2*15-11-5-3-9(4-6-11)1-2-10-7-12(16)14(18)13(17)8-10/h2*1-8,15-18H/b2-1+;. The van der Waals surface area contributed by atoms with Crippen molar-refractivity contribution >= 4 is 24.3 Å². The topological polar surface area (TPSA) is 162 Å². The Kier molecular flexibility index (Phi) is 7.94. The third-order valence-corrected chi connectivity index (χ3v) is 4.91. The molecule has 0 heterocycles. The van der Waals surface area contributed by atoms with Gasteiger partial charge in [-0.2, -0.15) is 0 Å². The van der Waals surface area contributed by atoms with Crippen LogP contribution in [0.1, 0.15) is 22.3 Å². The van der Waals surface area contributed by atoms with Crippen LogP contribution in [-0.4, -0.2) is 40.9 Å². The van der Waals surface area contributed by atoms with Crippen LogP contribution in [0.3, 0.4) is 0 Å². The molecule has 0 aliphatic rings. The van der Waals surface area contributed by atoms with Crippen molar-refractivity contribution < 1.29 is 40.9 Å². The smallest absolute Gasteiger partial charge is 0.200 e. The van der Waals surface area contributed by atoms with Gasteiger partial charge in [-0.15, -0.1) is 0 Å². The number of hydrogen-bond acceptors (Lipinski definition) is 8. The van der Waals surface area contributed by atoms with Crippen molar-refractivity contribution in [1.82, 2.24) is 0 Å². The molecule has 0 radical (unpaired) electrons. The van der Waals surface area contributed by atoms with Crippen LogP contribution in [0.4, 0.5) is 0 Å². The summed E-state index contributed by atoms with van der Waals surface area (Å²) in [6.45, 7) is 0. The van der Waals surface area contributed by atoms with Crippen molar-refractivity contribution in [3.63, 3.8) is 0 Å². The third-order valence-electron chi connectivity index (χ3n) is 4.91. The van der Waals surface area contributed by atoms with Crippen molar-refractivity contribution in [2.75, 3.05) is 0 Å². The molecular formula is C28H24O8. The van der Waals surface area contributed by atoms with Crippen LogP contribution >= 0.6 is 0 Å². The fourth-order valence-electron chi connectivity index (χ4n) is 3.00. The lowest BCUT2D eigenvalue weighted by Gasteiger charge is -2.02. The highest BCUT2D eigenvalue weighted by Gasteiger charge is 2.07. The summed E-state index contributed by atoms with van der Waals surface area (Å²) in [5, 5.41) is 74.0. The zero-order valence-electron chi connectivity index (χ0n) is 18.8. The lowest BCUT2D eigenvalue weighted by molar-refractivity contribution is 0.367. The van der Waals surface area contributed by atoms with Gasteiger partial charge in [-0.05, 0) is 70.8 Å². The average molecular weight is 488 g/mol. The molecule has 0 fully saturated rings. The van der Waals surface area contributed by atoms with Gasteiger partial charge in [-0.25, -0.2) is 0 Å². The van der Waals surface area contributed by atoms with E-state index in [1.807, 2.05) is 0 Å². The normalized spacial score (nSPS) is 10.9. The molecule has 36 heavy (non-hydrogen) atoms. The van der Waals surface area contributed by atoms with Crippen LogP contribution in [-0.2, 0) is 0 Å². The van der Waals surface area contributed by atoms with E-state index in [4.69, 9.17) is 10.2 Å². The largest absolute Gasteiger partial charge is 0.508 e. The second-order valence-corrected chi connectivity index (χ2v) is 7.67. The summed E-state index contributed by atoms with van der Waals surface area (Å²) in [5.74, 6) is -2.19. The van der Waals surface area contributed by atoms with Gasteiger partial charge in [0, 0.05) is 0 Å². The van der Waals surface area contributed by atoms with Crippen molar-refractivity contribution in [1.29, 1.82) is 0 Å². The molecule has 0 atom stereocenters. The summed E-state index contributed by atoms with van der Waals surface area (Å²) in [4.78, 5) is 0. The highest BCUT2D eigenvalue weighted by molar-refractivity contribution is 5.73. The van der Waals surface area contributed by atoms with E-state index < -0.39 is 11.5 Å². The van der Waals surface area contributed by atoms with Gasteiger partial charge in [0.1, 0.15) is 11.5 Å². The second-order valence-electron chi connectivity index (χ2n) is 7.67. The highest BCUT2D eigenvalue weighted by atomic mass is 16.3. The first-order valence-corrected chi connectivity index (χ1v) is 10.6. The van der Waals surface area contributed by atoms with Crippen LogP contribution in [0.2, 0.25) is 0 Å². The van der Waals surface area contributed by atoms with Gasteiger partial charge in [-0.3, -0.25) is 0 Å². The predicted octanol–water partition coefficient (Wildman–Crippen LogP) is 5.36. The molecule has 8 nitrogen and oxygen atoms in total. The molecule has 0 aliphatic carbocycles. The first-order chi connectivity index (χ1) is 17.1. The van der Waals surface area contributed by atoms with Crippen LogP contribution in [0.5, 0.6) is 46.0 Å². The van der Waals surface area contributed by atoms with Gasteiger partial charge in [0.15, 0.2) is 34.5 Å². The molecular weight excluding hydrogens is 464 g/mol. The molecule has 0 saturated carbocycles. The third kappa shape index (κ3) is 6.88. The number of hydrogen-bond donors (Lipinski definition) is 8. The SMILES string of the molecule is Oc1ccc(/C=C/c2cc(O)c(O)c(O)c2)cc1.Oc1ccc(C=Cc2cc(O)c(O)c(O)c2)cc1. The molecule has 0 aliphatic heterocycles. The maximum Gasteiger partial charge on any atom is 0.200 e. The molecule has 4 rings (SSSR count). The lowest BCUT2D eigenvalue weighted by atomic mass is 10.1. The van der Waals surface area contributed by atoms with Crippen LogP contribution in [0, 0.1) is 0 Å². The Morgan fingerprint density at radius 2 is 0.583 bits per heavy atom. The summed E-state index contributed by atoms with van der Waals surface area (Å²) < 4.78 is 0. The van der Waals surface area contributed by atoms with Crippen molar-refractivity contribution in [2.24, 2.45) is 0 Å². The van der Waals surface area contributed by atoms with Gasteiger partial charge in [0.05, 0.1) is 0 Å². The molecule has 0 aromatic heterocycles. The summed E-state index contributed by atoms with van der Waals surface area (Å²) in [6, 6.07) is 18.5. The minimum Gasteiger partial charge on any atom is -0.508 e. The Bertz CT molecular complexity index is 1230. The Morgan fingerprint density at radius 1 is 0.333 bits per heavy atom. The van der Waals surface area contributed by atoms with Gasteiger partial charge in [0.25, 0.3) is 0 Å². The van der Waals surface area contributed by atoms with Crippen molar-refractivity contribution in [2.45, 2.75) is 0 Å². The summed E-state index contributed by atoms with van der Waals surface area (Å²) in [5.41, 5.74) is 2.83. The minimum atomic E-state index is -0.531. The predicted molar refractivity (Wildman–Crippen MR) is 137 cm³/mol. The summed E-state index contributed by atoms with van der Waals surface area (Å²) in [6.07, 6.45) is 6.85. The maximum atomic E-state index is 9.34. The Labute approximate surface area is 206 Å². The monoisotopic (exact) mass is 488 g/mol. The average Bonchev–Trinajstić information content (AvgIpc) is 2.85. The minimum absolute atomic E-state index is 0.187. The van der Waals surface area contributed by atoms with Crippen LogP contribution in [0.15, 0.2) is 72.8 Å². The van der Waals surface area contributed by atoms with E-state index in [1.54, 1.807) is 72.8 Å². The van der Waals surface area contributed by atoms with E-state index in [0.717, 1.165) is 11.1 Å². The van der Waals surface area contributed by atoms with Gasteiger partial charge < -0.3 is 40.9 Å². The Hall–Kier alpha value is -5.24. The summed E-state index contributed by atoms with van der Waals surface area (Å²) in [7, 11) is 0.